The van der Waals surface area contributed by atoms with Crippen molar-refractivity contribution >= 4 is 28.2 Å². The Morgan fingerprint density at radius 2 is 1.61 bits per heavy atom. The number of nitrogens with one attached hydrogen (secondary N) is 1. The number of hydrogen-bond acceptors (Lipinski definition) is 6. The van der Waals surface area contributed by atoms with Crippen LogP contribution >= 0.6 is 11.3 Å². The summed E-state index contributed by atoms with van der Waals surface area (Å²) in [5.74, 6) is 0.599. The number of anilines is 1. The number of benzene rings is 2. The topological polar surface area (TPSA) is 73.9 Å². The SMILES string of the molecule is CCOc1ccc(-c2c(C)sc(NC(=O)COc3c(C)ccc(C)c3C)c2C(=O)OC)cc1. The molecule has 1 N–H and O–H groups in total. The second-order valence-corrected chi connectivity index (χ2v) is 8.90. The summed E-state index contributed by atoms with van der Waals surface area (Å²) in [4.78, 5) is 26.3. The van der Waals surface area contributed by atoms with Crippen LogP contribution < -0.4 is 14.8 Å². The molecule has 3 rings (SSSR count). The van der Waals surface area contributed by atoms with Crippen molar-refractivity contribution in [2.75, 3.05) is 25.6 Å². The largest absolute Gasteiger partial charge is 0.494 e. The van der Waals surface area contributed by atoms with E-state index in [1.165, 1.54) is 18.4 Å². The van der Waals surface area contributed by atoms with Gasteiger partial charge in [0.2, 0.25) is 0 Å². The summed E-state index contributed by atoms with van der Waals surface area (Å²) >= 11 is 1.33. The first-order chi connectivity index (χ1) is 15.8. The number of methoxy groups -OCH3 is 1. The molecule has 0 saturated carbocycles. The summed E-state index contributed by atoms with van der Waals surface area (Å²) in [5, 5.41) is 3.28. The Hall–Kier alpha value is -3.32. The summed E-state index contributed by atoms with van der Waals surface area (Å²) < 4.78 is 16.4. The standard InChI is InChI=1S/C26H29NO5S/c1-7-31-20-12-10-19(11-13-20)22-18(5)33-25(23(22)26(29)30-6)27-21(28)14-32-24-16(3)9-8-15(2)17(24)4/h8-13H,7,14H2,1-6H3,(H,27,28). The number of esters is 1. The third-order valence-electron chi connectivity index (χ3n) is 5.40. The normalized spacial score (nSPS) is 10.6. The fraction of sp³-hybridized carbons (Fsp3) is 0.308. The maximum Gasteiger partial charge on any atom is 0.341 e. The number of carbonyl (C=O) groups excluding carboxylic acids is 2. The van der Waals surface area contributed by atoms with Gasteiger partial charge in [0.15, 0.2) is 6.61 Å². The van der Waals surface area contributed by atoms with Gasteiger partial charge in [-0.2, -0.15) is 0 Å². The zero-order valence-corrected chi connectivity index (χ0v) is 20.6. The van der Waals surface area contributed by atoms with Crippen LogP contribution in [0.15, 0.2) is 36.4 Å². The minimum Gasteiger partial charge on any atom is -0.494 e. The Bertz CT molecular complexity index is 1160. The van der Waals surface area contributed by atoms with Crippen molar-refractivity contribution in [3.05, 3.63) is 63.5 Å². The molecule has 7 heteroatoms. The maximum absolute atomic E-state index is 12.7. The van der Waals surface area contributed by atoms with Gasteiger partial charge in [-0.15, -0.1) is 11.3 Å². The Morgan fingerprint density at radius 1 is 0.939 bits per heavy atom. The molecule has 0 aliphatic carbocycles. The lowest BCUT2D eigenvalue weighted by atomic mass is 10.0. The van der Waals surface area contributed by atoms with Crippen molar-refractivity contribution < 1.29 is 23.8 Å². The monoisotopic (exact) mass is 467 g/mol. The molecule has 0 aliphatic heterocycles. The molecule has 174 valence electrons. The number of carbonyl (C=O) groups is 2. The van der Waals surface area contributed by atoms with Crippen molar-refractivity contribution in [1.82, 2.24) is 0 Å². The number of hydrogen-bond donors (Lipinski definition) is 1. The molecule has 0 saturated heterocycles. The summed E-state index contributed by atoms with van der Waals surface area (Å²) in [7, 11) is 1.33. The number of rotatable bonds is 8. The second-order valence-electron chi connectivity index (χ2n) is 7.68. The molecule has 0 fully saturated rings. The first kappa shape index (κ1) is 24.3. The van der Waals surface area contributed by atoms with E-state index in [-0.39, 0.29) is 12.5 Å². The van der Waals surface area contributed by atoms with Crippen LogP contribution in [0.3, 0.4) is 0 Å². The van der Waals surface area contributed by atoms with E-state index in [9.17, 15) is 9.59 Å². The van der Waals surface area contributed by atoms with Gasteiger partial charge in [-0.25, -0.2) is 4.79 Å². The van der Waals surface area contributed by atoms with Gasteiger partial charge in [0, 0.05) is 10.4 Å². The van der Waals surface area contributed by atoms with Crippen molar-refractivity contribution in [1.29, 1.82) is 0 Å². The van der Waals surface area contributed by atoms with E-state index >= 15 is 0 Å². The smallest absolute Gasteiger partial charge is 0.341 e. The molecule has 3 aromatic rings. The predicted molar refractivity (Wildman–Crippen MR) is 132 cm³/mol. The minimum atomic E-state index is -0.509. The number of amides is 1. The van der Waals surface area contributed by atoms with Crippen LogP contribution in [-0.4, -0.2) is 32.2 Å². The Morgan fingerprint density at radius 3 is 2.24 bits per heavy atom. The molecule has 0 bridgehead atoms. The van der Waals surface area contributed by atoms with E-state index in [1.54, 1.807) is 0 Å². The highest BCUT2D eigenvalue weighted by atomic mass is 32.1. The van der Waals surface area contributed by atoms with E-state index in [0.29, 0.717) is 22.9 Å². The van der Waals surface area contributed by atoms with E-state index in [2.05, 4.69) is 5.32 Å². The van der Waals surface area contributed by atoms with Gasteiger partial charge in [-0.1, -0.05) is 24.3 Å². The zero-order valence-electron chi connectivity index (χ0n) is 19.8. The molecule has 0 aliphatic rings. The van der Waals surface area contributed by atoms with Crippen LogP contribution in [-0.2, 0) is 9.53 Å². The van der Waals surface area contributed by atoms with Crippen molar-refractivity contribution in [2.24, 2.45) is 0 Å². The molecule has 33 heavy (non-hydrogen) atoms. The minimum absolute atomic E-state index is 0.166. The highest BCUT2D eigenvalue weighted by Gasteiger charge is 2.25. The molecule has 1 aromatic heterocycles. The molecule has 0 atom stereocenters. The van der Waals surface area contributed by atoms with Crippen LogP contribution in [0.2, 0.25) is 0 Å². The lowest BCUT2D eigenvalue weighted by Gasteiger charge is -2.14. The quantitative estimate of drug-likeness (QED) is 0.421. The van der Waals surface area contributed by atoms with Crippen LogP contribution in [0.5, 0.6) is 11.5 Å². The van der Waals surface area contributed by atoms with Crippen LogP contribution in [0.25, 0.3) is 11.1 Å². The fourth-order valence-corrected chi connectivity index (χ4v) is 4.69. The first-order valence-corrected chi connectivity index (χ1v) is 11.5. The summed E-state index contributed by atoms with van der Waals surface area (Å²) in [5.41, 5.74) is 4.97. The lowest BCUT2D eigenvalue weighted by molar-refractivity contribution is -0.118. The van der Waals surface area contributed by atoms with Gasteiger partial charge in [0.05, 0.1) is 13.7 Å². The third kappa shape index (κ3) is 5.37. The lowest BCUT2D eigenvalue weighted by Crippen LogP contribution is -2.21. The molecule has 0 radical (unpaired) electrons. The number of aryl methyl sites for hydroxylation is 3. The van der Waals surface area contributed by atoms with E-state index in [4.69, 9.17) is 14.2 Å². The van der Waals surface area contributed by atoms with Gasteiger partial charge in [0.1, 0.15) is 22.1 Å². The molecule has 0 unspecified atom stereocenters. The first-order valence-electron chi connectivity index (χ1n) is 10.7. The molecule has 6 nitrogen and oxygen atoms in total. The van der Waals surface area contributed by atoms with Crippen LogP contribution in [0.4, 0.5) is 5.00 Å². The van der Waals surface area contributed by atoms with Gasteiger partial charge < -0.3 is 19.5 Å². The summed E-state index contributed by atoms with van der Waals surface area (Å²) in [6.45, 7) is 10.2. The Balaban J connectivity index is 1.86. The van der Waals surface area contributed by atoms with E-state index in [0.717, 1.165) is 38.4 Å². The Labute approximate surface area is 198 Å². The fourth-order valence-electron chi connectivity index (χ4n) is 3.61. The number of thiophene rings is 1. The average Bonchev–Trinajstić information content (AvgIpc) is 3.12. The van der Waals surface area contributed by atoms with E-state index < -0.39 is 5.97 Å². The van der Waals surface area contributed by atoms with Gasteiger partial charge in [0.25, 0.3) is 5.91 Å². The molecule has 1 heterocycles. The van der Waals surface area contributed by atoms with Crippen LogP contribution in [0.1, 0.15) is 38.8 Å². The van der Waals surface area contributed by atoms with Crippen molar-refractivity contribution in [3.8, 4) is 22.6 Å². The van der Waals surface area contributed by atoms with Crippen LogP contribution in [0, 0.1) is 27.7 Å². The van der Waals surface area contributed by atoms with Crippen molar-refractivity contribution in [2.45, 2.75) is 34.6 Å². The predicted octanol–water partition coefficient (Wildman–Crippen LogP) is 5.85. The van der Waals surface area contributed by atoms with E-state index in [1.807, 2.05) is 71.0 Å². The summed E-state index contributed by atoms with van der Waals surface area (Å²) in [6.07, 6.45) is 0. The Kier molecular flexibility index (Phi) is 7.76. The summed E-state index contributed by atoms with van der Waals surface area (Å²) in [6, 6.07) is 11.5. The number of ether oxygens (including phenoxy) is 3. The molecule has 1 amide bonds. The van der Waals surface area contributed by atoms with Gasteiger partial charge >= 0.3 is 5.97 Å². The average molecular weight is 468 g/mol. The molecular weight excluding hydrogens is 438 g/mol. The van der Waals surface area contributed by atoms with Crippen molar-refractivity contribution in [3.63, 3.8) is 0 Å². The molecule has 0 spiro atoms. The highest BCUT2D eigenvalue weighted by Crippen LogP contribution is 2.40. The third-order valence-corrected chi connectivity index (χ3v) is 6.42. The highest BCUT2D eigenvalue weighted by molar-refractivity contribution is 7.17. The molecule has 2 aromatic carbocycles. The second kappa shape index (κ2) is 10.5. The zero-order chi connectivity index (χ0) is 24.1. The maximum atomic E-state index is 12.7. The van der Waals surface area contributed by atoms with Gasteiger partial charge in [-0.05, 0) is 69.0 Å². The molecular formula is C26H29NO5S. The van der Waals surface area contributed by atoms with Gasteiger partial charge in [-0.3, -0.25) is 4.79 Å².